The Morgan fingerprint density at radius 1 is 1.65 bits per heavy atom. The van der Waals surface area contributed by atoms with E-state index in [2.05, 4.69) is 17.2 Å². The van der Waals surface area contributed by atoms with Gasteiger partial charge in [0.2, 0.25) is 5.78 Å². The number of nitrogens with one attached hydrogen (secondary N) is 1. The average Bonchev–Trinajstić information content (AvgIpc) is 2.94. The molecule has 2 heterocycles. The van der Waals surface area contributed by atoms with Crippen molar-refractivity contribution < 1.29 is 9.53 Å². The van der Waals surface area contributed by atoms with Gasteiger partial charge in [0.05, 0.1) is 19.1 Å². The van der Waals surface area contributed by atoms with Gasteiger partial charge in [0.25, 0.3) is 0 Å². The van der Waals surface area contributed by atoms with Crippen molar-refractivity contribution >= 4 is 5.78 Å². The second-order valence-corrected chi connectivity index (χ2v) is 4.43. The number of hydrogen-bond acceptors (Lipinski definition) is 4. The van der Waals surface area contributed by atoms with Gasteiger partial charge in [-0.2, -0.15) is 0 Å². The van der Waals surface area contributed by atoms with Crippen LogP contribution in [0.15, 0.2) is 12.4 Å². The molecule has 5 heteroatoms. The molecule has 1 aromatic rings. The zero-order valence-electron chi connectivity index (χ0n) is 10.3. The minimum atomic E-state index is -0.109. The topological polar surface area (TPSA) is 56.1 Å². The number of hydrogen-bond donors (Lipinski definition) is 1. The fraction of sp³-hybridized carbons (Fsp3) is 0.667. The molecular weight excluding hydrogens is 218 g/mol. The summed E-state index contributed by atoms with van der Waals surface area (Å²) in [7, 11) is 1.84. The van der Waals surface area contributed by atoms with Crippen LogP contribution in [0.4, 0.5) is 0 Å². The van der Waals surface area contributed by atoms with Crippen molar-refractivity contribution in [3.05, 3.63) is 18.2 Å². The van der Waals surface area contributed by atoms with Crippen LogP contribution in [0, 0.1) is 5.92 Å². The molecule has 2 rings (SSSR count). The highest BCUT2D eigenvalue weighted by atomic mass is 16.5. The zero-order chi connectivity index (χ0) is 12.3. The molecule has 0 saturated carbocycles. The molecule has 1 aliphatic heterocycles. The van der Waals surface area contributed by atoms with Crippen LogP contribution in [0.3, 0.4) is 0 Å². The van der Waals surface area contributed by atoms with Crippen LogP contribution >= 0.6 is 0 Å². The molecule has 0 aromatic carbocycles. The van der Waals surface area contributed by atoms with Crippen molar-refractivity contribution in [2.24, 2.45) is 13.0 Å². The van der Waals surface area contributed by atoms with E-state index in [9.17, 15) is 4.79 Å². The lowest BCUT2D eigenvalue weighted by Crippen LogP contribution is -2.40. The number of aromatic nitrogens is 2. The molecule has 1 fully saturated rings. The number of nitrogens with zero attached hydrogens (tertiary/aromatic N) is 2. The summed E-state index contributed by atoms with van der Waals surface area (Å²) in [5, 5.41) is 3.36. The highest BCUT2D eigenvalue weighted by Gasteiger charge is 2.35. The van der Waals surface area contributed by atoms with Gasteiger partial charge in [0, 0.05) is 25.5 Å². The summed E-state index contributed by atoms with van der Waals surface area (Å²) in [4.78, 5) is 16.4. The van der Waals surface area contributed by atoms with E-state index >= 15 is 0 Å². The normalized spacial score (nSPS) is 24.1. The minimum Gasteiger partial charge on any atom is -0.379 e. The van der Waals surface area contributed by atoms with Crippen LogP contribution in [-0.2, 0) is 11.8 Å². The van der Waals surface area contributed by atoms with E-state index in [1.54, 1.807) is 17.0 Å². The third-order valence-corrected chi connectivity index (χ3v) is 3.12. The molecule has 2 atom stereocenters. The fourth-order valence-electron chi connectivity index (χ4n) is 2.11. The first kappa shape index (κ1) is 12.3. The number of Topliss-reactive ketones (excluding diaryl/α,β-unsaturated/α-hetero) is 1. The Balaban J connectivity index is 2.06. The molecule has 0 bridgehead atoms. The molecule has 0 amide bonds. The largest absolute Gasteiger partial charge is 0.379 e. The quantitative estimate of drug-likeness (QED) is 0.763. The monoisotopic (exact) mass is 237 g/mol. The SMILES string of the molecule is CCCNC1COCC1C(=O)c1nccn1C. The molecule has 1 saturated heterocycles. The molecule has 1 aromatic heterocycles. The van der Waals surface area contributed by atoms with Gasteiger partial charge in [0.15, 0.2) is 5.82 Å². The highest BCUT2D eigenvalue weighted by Crippen LogP contribution is 2.18. The predicted octanol–water partition coefficient (Wildman–Crippen LogP) is 0.617. The Bertz CT molecular complexity index is 389. The van der Waals surface area contributed by atoms with Gasteiger partial charge < -0.3 is 14.6 Å². The number of aryl methyl sites for hydroxylation is 1. The lowest BCUT2D eigenvalue weighted by Gasteiger charge is -2.17. The van der Waals surface area contributed by atoms with E-state index in [0.717, 1.165) is 13.0 Å². The first-order chi connectivity index (χ1) is 8.24. The molecule has 0 radical (unpaired) electrons. The Hall–Kier alpha value is -1.20. The molecule has 94 valence electrons. The van der Waals surface area contributed by atoms with Gasteiger partial charge in [-0.05, 0) is 13.0 Å². The van der Waals surface area contributed by atoms with Crippen molar-refractivity contribution in [1.29, 1.82) is 0 Å². The van der Waals surface area contributed by atoms with Gasteiger partial charge in [-0.25, -0.2) is 4.98 Å². The minimum absolute atomic E-state index is 0.0728. The van der Waals surface area contributed by atoms with Crippen LogP contribution in [0.2, 0.25) is 0 Å². The average molecular weight is 237 g/mol. The van der Waals surface area contributed by atoms with Crippen LogP contribution < -0.4 is 5.32 Å². The summed E-state index contributed by atoms with van der Waals surface area (Å²) in [6.07, 6.45) is 4.49. The van der Waals surface area contributed by atoms with Crippen molar-refractivity contribution in [1.82, 2.24) is 14.9 Å². The van der Waals surface area contributed by atoms with E-state index in [1.165, 1.54) is 0 Å². The Morgan fingerprint density at radius 2 is 2.47 bits per heavy atom. The summed E-state index contributed by atoms with van der Waals surface area (Å²) in [6.45, 7) is 4.13. The summed E-state index contributed by atoms with van der Waals surface area (Å²) in [6, 6.07) is 0.124. The van der Waals surface area contributed by atoms with E-state index < -0.39 is 0 Å². The predicted molar refractivity (Wildman–Crippen MR) is 63.9 cm³/mol. The van der Waals surface area contributed by atoms with Crippen molar-refractivity contribution in [2.45, 2.75) is 19.4 Å². The number of carbonyl (C=O) groups excluding carboxylic acids is 1. The molecule has 1 N–H and O–H groups in total. The van der Waals surface area contributed by atoms with Gasteiger partial charge in [-0.1, -0.05) is 6.92 Å². The summed E-state index contributed by atoms with van der Waals surface area (Å²) in [5.74, 6) is 0.482. The molecule has 5 nitrogen and oxygen atoms in total. The van der Waals surface area contributed by atoms with Crippen LogP contribution in [0.25, 0.3) is 0 Å². The Kier molecular flexibility index (Phi) is 3.91. The number of carbonyl (C=O) groups is 1. The van der Waals surface area contributed by atoms with E-state index in [0.29, 0.717) is 19.0 Å². The van der Waals surface area contributed by atoms with Crippen LogP contribution in [0.1, 0.15) is 24.0 Å². The zero-order valence-corrected chi connectivity index (χ0v) is 10.3. The fourth-order valence-corrected chi connectivity index (χ4v) is 2.11. The van der Waals surface area contributed by atoms with E-state index in [1.807, 2.05) is 7.05 Å². The number of imidazole rings is 1. The molecule has 0 spiro atoms. The van der Waals surface area contributed by atoms with Gasteiger partial charge in [-0.15, -0.1) is 0 Å². The van der Waals surface area contributed by atoms with Crippen LogP contribution in [-0.4, -0.2) is 41.1 Å². The van der Waals surface area contributed by atoms with Gasteiger partial charge in [-0.3, -0.25) is 4.79 Å². The standard InChI is InChI=1S/C12H19N3O2/c1-3-4-13-10-8-17-7-9(10)11(16)12-14-5-6-15(12)2/h5-6,9-10,13H,3-4,7-8H2,1-2H3. The highest BCUT2D eigenvalue weighted by molar-refractivity contribution is 5.95. The molecule has 0 aliphatic carbocycles. The smallest absolute Gasteiger partial charge is 0.205 e. The molecular formula is C12H19N3O2. The second-order valence-electron chi connectivity index (χ2n) is 4.43. The van der Waals surface area contributed by atoms with Crippen LogP contribution in [0.5, 0.6) is 0 Å². The van der Waals surface area contributed by atoms with Gasteiger partial charge >= 0.3 is 0 Å². The Labute approximate surface area is 101 Å². The first-order valence-electron chi connectivity index (χ1n) is 6.06. The first-order valence-corrected chi connectivity index (χ1v) is 6.06. The lowest BCUT2D eigenvalue weighted by molar-refractivity contribution is 0.0877. The van der Waals surface area contributed by atoms with Crippen molar-refractivity contribution in [3.63, 3.8) is 0 Å². The second kappa shape index (κ2) is 5.42. The molecule has 2 unspecified atom stereocenters. The third-order valence-electron chi connectivity index (χ3n) is 3.12. The number of rotatable bonds is 5. The molecule has 17 heavy (non-hydrogen) atoms. The number of ketones is 1. The maximum absolute atomic E-state index is 12.3. The lowest BCUT2D eigenvalue weighted by atomic mass is 9.98. The van der Waals surface area contributed by atoms with Crippen molar-refractivity contribution in [3.8, 4) is 0 Å². The van der Waals surface area contributed by atoms with E-state index in [4.69, 9.17) is 4.74 Å². The molecule has 1 aliphatic rings. The maximum atomic E-state index is 12.3. The van der Waals surface area contributed by atoms with Crippen molar-refractivity contribution in [2.75, 3.05) is 19.8 Å². The summed E-state index contributed by atoms with van der Waals surface area (Å²) < 4.78 is 7.17. The Morgan fingerprint density at radius 3 is 3.12 bits per heavy atom. The van der Waals surface area contributed by atoms with Gasteiger partial charge in [0.1, 0.15) is 0 Å². The summed E-state index contributed by atoms with van der Waals surface area (Å²) >= 11 is 0. The number of ether oxygens (including phenoxy) is 1. The summed E-state index contributed by atoms with van der Waals surface area (Å²) in [5.41, 5.74) is 0. The third kappa shape index (κ3) is 2.56. The maximum Gasteiger partial charge on any atom is 0.205 e. The van der Waals surface area contributed by atoms with E-state index in [-0.39, 0.29) is 17.7 Å².